The Morgan fingerprint density at radius 2 is 1.62 bits per heavy atom. The van der Waals surface area contributed by atoms with Crippen LogP contribution >= 0.6 is 63.7 Å². The zero-order valence-corrected chi connectivity index (χ0v) is 20.5. The Morgan fingerprint density at radius 1 is 1.08 bits per heavy atom. The molecule has 0 aromatic heterocycles. The van der Waals surface area contributed by atoms with Crippen LogP contribution in [0.1, 0.15) is 39.5 Å². The van der Waals surface area contributed by atoms with Crippen molar-refractivity contribution >= 4 is 69.7 Å². The van der Waals surface area contributed by atoms with Gasteiger partial charge in [-0.05, 0) is 6.42 Å². The highest BCUT2D eigenvalue weighted by molar-refractivity contribution is 9.16. The first-order valence-corrected chi connectivity index (χ1v) is 11.1. The van der Waals surface area contributed by atoms with Crippen molar-refractivity contribution in [1.82, 2.24) is 0 Å². The molecule has 138 valence electrons. The third-order valence-corrected chi connectivity index (χ3v) is 11.6. The average molecular weight is 598 g/mol. The van der Waals surface area contributed by atoms with E-state index < -0.39 is 20.5 Å². The number of hydrogen-bond acceptors (Lipinski definition) is 4. The Kier molecular flexibility index (Phi) is 6.75. The summed E-state index contributed by atoms with van der Waals surface area (Å²) >= 11 is 15.1. The number of hydrogen-bond donors (Lipinski definition) is 0. The molecule has 0 N–H and O–H groups in total. The largest absolute Gasteiger partial charge is 0.460 e. The molecule has 2 bridgehead atoms. The summed E-state index contributed by atoms with van der Waals surface area (Å²) in [6.45, 7) is 3.60. The van der Waals surface area contributed by atoms with Crippen LogP contribution in [-0.4, -0.2) is 40.7 Å². The molecule has 4 nitrogen and oxygen atoms in total. The maximum atomic E-state index is 11.8. The lowest BCUT2D eigenvalue weighted by Crippen LogP contribution is -2.57. The first-order valence-electron chi connectivity index (χ1n) is 7.90. The number of rotatable bonds is 7. The monoisotopic (exact) mass is 594 g/mol. The lowest BCUT2D eigenvalue weighted by molar-refractivity contribution is -0.217. The lowest BCUT2D eigenvalue weighted by atomic mass is 9.85. The first-order chi connectivity index (χ1) is 11.2. The van der Waals surface area contributed by atoms with Crippen LogP contribution in [0.2, 0.25) is 0 Å². The SMILES string of the molecule is CCCCC[C@@H]1[C@H](OC(C)=O)[C@]2(Br)C(Br)=C(Br)[C@@]1(Br)C2(OC)OC. The van der Waals surface area contributed by atoms with E-state index in [1.165, 1.54) is 6.92 Å². The molecule has 0 amide bonds. The third kappa shape index (κ3) is 2.57. The van der Waals surface area contributed by atoms with Crippen LogP contribution in [0.25, 0.3) is 0 Å². The molecule has 2 rings (SSSR count). The molecule has 0 radical (unpaired) electrons. The second-order valence-electron chi connectivity index (χ2n) is 6.21. The van der Waals surface area contributed by atoms with E-state index in [0.29, 0.717) is 0 Å². The van der Waals surface area contributed by atoms with E-state index in [0.717, 1.165) is 34.6 Å². The van der Waals surface area contributed by atoms with E-state index in [1.54, 1.807) is 14.2 Å². The molecular formula is C16H22Br4O4. The van der Waals surface area contributed by atoms with E-state index in [1.807, 2.05) is 0 Å². The second kappa shape index (κ2) is 7.58. The summed E-state index contributed by atoms with van der Waals surface area (Å²) in [4.78, 5) is 11.8. The maximum Gasteiger partial charge on any atom is 0.302 e. The quantitative estimate of drug-likeness (QED) is 0.171. The number of alkyl halides is 2. The minimum absolute atomic E-state index is 0.0112. The van der Waals surface area contributed by atoms with Crippen molar-refractivity contribution in [2.75, 3.05) is 14.2 Å². The predicted molar refractivity (Wildman–Crippen MR) is 108 cm³/mol. The number of halogens is 4. The molecule has 0 unspecified atom stereocenters. The Labute approximate surface area is 176 Å². The number of ether oxygens (including phenoxy) is 3. The first kappa shape index (κ1) is 21.4. The molecule has 0 spiro atoms. The van der Waals surface area contributed by atoms with Crippen LogP contribution in [0.4, 0.5) is 0 Å². The van der Waals surface area contributed by atoms with Gasteiger partial charge in [-0.25, -0.2) is 0 Å². The average Bonchev–Trinajstić information content (AvgIpc) is 2.77. The molecule has 0 saturated heterocycles. The van der Waals surface area contributed by atoms with Crippen molar-refractivity contribution in [2.24, 2.45) is 5.92 Å². The van der Waals surface area contributed by atoms with Crippen LogP contribution in [0.3, 0.4) is 0 Å². The normalized spacial score (nSPS) is 37.2. The van der Waals surface area contributed by atoms with Crippen LogP contribution in [0.5, 0.6) is 0 Å². The number of esters is 1. The highest BCUT2D eigenvalue weighted by Crippen LogP contribution is 2.74. The molecule has 0 aliphatic heterocycles. The van der Waals surface area contributed by atoms with Crippen LogP contribution in [-0.2, 0) is 19.0 Å². The van der Waals surface area contributed by atoms with Gasteiger partial charge in [-0.1, -0.05) is 89.9 Å². The summed E-state index contributed by atoms with van der Waals surface area (Å²) < 4.78 is 17.9. The van der Waals surface area contributed by atoms with Gasteiger partial charge in [0.15, 0.2) is 4.32 Å². The molecule has 0 heterocycles. The summed E-state index contributed by atoms with van der Waals surface area (Å²) in [7, 11) is 3.22. The summed E-state index contributed by atoms with van der Waals surface area (Å²) in [5.41, 5.74) is 0. The van der Waals surface area contributed by atoms with Gasteiger partial charge in [-0.15, -0.1) is 0 Å². The van der Waals surface area contributed by atoms with Crippen LogP contribution in [0, 0.1) is 5.92 Å². The van der Waals surface area contributed by atoms with Crippen molar-refractivity contribution in [3.05, 3.63) is 8.96 Å². The minimum atomic E-state index is -1.06. The molecular weight excluding hydrogens is 576 g/mol. The van der Waals surface area contributed by atoms with Gasteiger partial charge in [0.1, 0.15) is 10.4 Å². The fourth-order valence-corrected chi connectivity index (χ4v) is 9.08. The van der Waals surface area contributed by atoms with Gasteiger partial charge in [0, 0.05) is 36.0 Å². The van der Waals surface area contributed by atoms with Gasteiger partial charge in [0.25, 0.3) is 0 Å². The molecule has 2 aliphatic rings. The Morgan fingerprint density at radius 3 is 2.08 bits per heavy atom. The number of fused-ring (bicyclic) bond motifs is 2. The van der Waals surface area contributed by atoms with E-state index in [2.05, 4.69) is 70.6 Å². The van der Waals surface area contributed by atoms with Crippen molar-refractivity contribution in [3.63, 3.8) is 0 Å². The number of carbonyl (C=O) groups is 1. The van der Waals surface area contributed by atoms with E-state index in [-0.39, 0.29) is 11.9 Å². The van der Waals surface area contributed by atoms with Crippen molar-refractivity contribution in [3.8, 4) is 0 Å². The second-order valence-corrected chi connectivity index (χ2v) is 10.3. The van der Waals surface area contributed by atoms with Crippen molar-refractivity contribution < 1.29 is 19.0 Å². The predicted octanol–water partition coefficient (Wildman–Crippen LogP) is 5.40. The minimum Gasteiger partial charge on any atom is -0.460 e. The number of unbranched alkanes of at least 4 members (excludes halogenated alkanes) is 2. The van der Waals surface area contributed by atoms with Gasteiger partial charge in [0.2, 0.25) is 5.79 Å². The Bertz CT molecular complexity index is 548. The van der Waals surface area contributed by atoms with E-state index in [9.17, 15) is 4.79 Å². The lowest BCUT2D eigenvalue weighted by Gasteiger charge is -2.41. The molecule has 24 heavy (non-hydrogen) atoms. The van der Waals surface area contributed by atoms with E-state index >= 15 is 0 Å². The van der Waals surface area contributed by atoms with Crippen molar-refractivity contribution in [2.45, 2.75) is 60.1 Å². The Hall–Kier alpha value is 1.05. The standard InChI is InChI=1S/C16H22Br4O4/c1-5-6-7-8-10-13(24-9(2)21)15(20)12(18)11(17)14(10,19)16(15,22-3)23-4/h10,13H,5-8H2,1-4H3/t10-,13+,14-,15-/m1/s1. The highest BCUT2D eigenvalue weighted by atomic mass is 79.9. The maximum absolute atomic E-state index is 11.8. The third-order valence-electron chi connectivity index (χ3n) is 5.04. The highest BCUT2D eigenvalue weighted by Gasteiger charge is 2.84. The zero-order chi connectivity index (χ0) is 18.3. The van der Waals surface area contributed by atoms with Gasteiger partial charge >= 0.3 is 5.97 Å². The fraction of sp³-hybridized carbons (Fsp3) is 0.812. The van der Waals surface area contributed by atoms with Gasteiger partial charge < -0.3 is 14.2 Å². The summed E-state index contributed by atoms with van der Waals surface area (Å²) in [6.07, 6.45) is 3.74. The molecule has 0 aromatic carbocycles. The summed E-state index contributed by atoms with van der Waals surface area (Å²) in [6, 6.07) is 0. The van der Waals surface area contributed by atoms with Crippen molar-refractivity contribution in [1.29, 1.82) is 0 Å². The molecule has 8 heteroatoms. The molecule has 0 aromatic rings. The molecule has 1 fully saturated rings. The van der Waals surface area contributed by atoms with Gasteiger partial charge in [-0.3, -0.25) is 4.79 Å². The zero-order valence-electron chi connectivity index (χ0n) is 14.1. The summed E-state index contributed by atoms with van der Waals surface area (Å²) in [5.74, 6) is -1.39. The smallest absolute Gasteiger partial charge is 0.302 e. The topological polar surface area (TPSA) is 44.8 Å². The molecule has 4 atom stereocenters. The van der Waals surface area contributed by atoms with Crippen LogP contribution in [0.15, 0.2) is 8.96 Å². The number of methoxy groups -OCH3 is 2. The summed E-state index contributed by atoms with van der Waals surface area (Å²) in [5, 5.41) is 0. The van der Waals surface area contributed by atoms with Gasteiger partial charge in [-0.2, -0.15) is 0 Å². The number of carbonyl (C=O) groups excluding carboxylic acids is 1. The molecule has 2 aliphatic carbocycles. The fourth-order valence-electron chi connectivity index (χ4n) is 4.06. The van der Waals surface area contributed by atoms with E-state index in [4.69, 9.17) is 14.2 Å². The van der Waals surface area contributed by atoms with Gasteiger partial charge in [0.05, 0.1) is 0 Å². The van der Waals surface area contributed by atoms with Crippen LogP contribution < -0.4 is 0 Å². The molecule has 1 saturated carbocycles. The Balaban J connectivity index is 2.60.